The Bertz CT molecular complexity index is 955. The van der Waals surface area contributed by atoms with E-state index in [1.54, 1.807) is 42.9 Å². The van der Waals surface area contributed by atoms with Gasteiger partial charge in [-0.3, -0.25) is 9.36 Å². The van der Waals surface area contributed by atoms with E-state index >= 15 is 0 Å². The summed E-state index contributed by atoms with van der Waals surface area (Å²) in [6.07, 6.45) is 5.07. The zero-order valence-corrected chi connectivity index (χ0v) is 12.1. The number of hydrogen-bond donors (Lipinski definition) is 1. The maximum Gasteiger partial charge on any atom is 0.262 e. The standard InChI is InChI=1S/C14H10N6OS/c15-10-7-9(14(21)19-4-1-2-5-19)8-11-17-12(18-20(10)11)13-16-3-6-22-13/h1-8H,15H2. The molecule has 0 fully saturated rings. The van der Waals surface area contributed by atoms with Gasteiger partial charge in [0.2, 0.25) is 5.82 Å². The molecule has 0 aromatic carbocycles. The van der Waals surface area contributed by atoms with Gasteiger partial charge in [0.05, 0.1) is 0 Å². The van der Waals surface area contributed by atoms with Crippen molar-refractivity contribution in [3.63, 3.8) is 0 Å². The van der Waals surface area contributed by atoms with E-state index in [4.69, 9.17) is 5.73 Å². The molecule has 0 saturated carbocycles. The third kappa shape index (κ3) is 1.97. The van der Waals surface area contributed by atoms with Crippen LogP contribution < -0.4 is 5.73 Å². The lowest BCUT2D eigenvalue weighted by atomic mass is 10.2. The number of rotatable bonds is 2. The molecule has 4 aromatic rings. The zero-order chi connectivity index (χ0) is 15.1. The van der Waals surface area contributed by atoms with Gasteiger partial charge in [-0.05, 0) is 24.3 Å². The van der Waals surface area contributed by atoms with Gasteiger partial charge in [0, 0.05) is 29.5 Å². The van der Waals surface area contributed by atoms with E-state index in [2.05, 4.69) is 15.1 Å². The Morgan fingerprint density at radius 2 is 2.05 bits per heavy atom. The SMILES string of the molecule is Nc1cc(C(=O)n2cccc2)cc2nc(-c3nccs3)nn12. The molecule has 4 heterocycles. The molecule has 0 spiro atoms. The summed E-state index contributed by atoms with van der Waals surface area (Å²) >= 11 is 1.44. The summed E-state index contributed by atoms with van der Waals surface area (Å²) in [4.78, 5) is 21.0. The smallest absolute Gasteiger partial charge is 0.262 e. The van der Waals surface area contributed by atoms with Gasteiger partial charge in [-0.2, -0.15) is 4.52 Å². The molecule has 22 heavy (non-hydrogen) atoms. The number of nitrogens with two attached hydrogens (primary N) is 1. The third-order valence-electron chi connectivity index (χ3n) is 3.17. The number of carbonyl (C=O) groups is 1. The Balaban J connectivity index is 1.84. The summed E-state index contributed by atoms with van der Waals surface area (Å²) in [6, 6.07) is 6.84. The predicted octanol–water partition coefficient (Wildman–Crippen LogP) is 1.92. The topological polar surface area (TPSA) is 91.1 Å². The third-order valence-corrected chi connectivity index (χ3v) is 3.94. The summed E-state index contributed by atoms with van der Waals surface area (Å²) < 4.78 is 2.99. The minimum atomic E-state index is -0.169. The highest BCUT2D eigenvalue weighted by atomic mass is 32.1. The van der Waals surface area contributed by atoms with Crippen molar-refractivity contribution in [1.82, 2.24) is 24.1 Å². The summed E-state index contributed by atoms with van der Waals surface area (Å²) in [5, 5.41) is 6.89. The highest BCUT2D eigenvalue weighted by Gasteiger charge is 2.15. The molecule has 2 N–H and O–H groups in total. The lowest BCUT2D eigenvalue weighted by Crippen LogP contribution is -2.11. The van der Waals surface area contributed by atoms with Crippen LogP contribution in [0.4, 0.5) is 5.82 Å². The quantitative estimate of drug-likeness (QED) is 0.611. The van der Waals surface area contributed by atoms with Crippen LogP contribution in [0, 0.1) is 0 Å². The van der Waals surface area contributed by atoms with E-state index in [0.717, 1.165) is 0 Å². The van der Waals surface area contributed by atoms with Crippen LogP contribution in [-0.4, -0.2) is 30.1 Å². The summed E-state index contributed by atoms with van der Waals surface area (Å²) in [7, 11) is 0. The second-order valence-electron chi connectivity index (χ2n) is 4.61. The zero-order valence-electron chi connectivity index (χ0n) is 11.2. The number of anilines is 1. The Morgan fingerprint density at radius 3 is 2.77 bits per heavy atom. The van der Waals surface area contributed by atoms with Crippen LogP contribution in [0.5, 0.6) is 0 Å². The van der Waals surface area contributed by atoms with Gasteiger partial charge in [0.1, 0.15) is 5.82 Å². The normalized spacial score (nSPS) is 11.1. The van der Waals surface area contributed by atoms with Gasteiger partial charge in [-0.15, -0.1) is 16.4 Å². The molecular weight excluding hydrogens is 300 g/mol. The maximum atomic E-state index is 12.4. The van der Waals surface area contributed by atoms with Crippen LogP contribution in [0.2, 0.25) is 0 Å². The van der Waals surface area contributed by atoms with Crippen LogP contribution >= 0.6 is 11.3 Å². The molecule has 0 bridgehead atoms. The summed E-state index contributed by atoms with van der Waals surface area (Å²) in [5.41, 5.74) is 6.97. The van der Waals surface area contributed by atoms with Crippen LogP contribution in [0.15, 0.2) is 48.2 Å². The van der Waals surface area contributed by atoms with Gasteiger partial charge in [0.15, 0.2) is 10.7 Å². The highest BCUT2D eigenvalue weighted by Crippen LogP contribution is 2.21. The van der Waals surface area contributed by atoms with Gasteiger partial charge in [-0.1, -0.05) is 0 Å². The van der Waals surface area contributed by atoms with E-state index in [0.29, 0.717) is 27.9 Å². The first-order chi connectivity index (χ1) is 10.7. The number of aromatic nitrogens is 5. The molecule has 108 valence electrons. The molecule has 0 radical (unpaired) electrons. The first-order valence-electron chi connectivity index (χ1n) is 6.46. The van der Waals surface area contributed by atoms with E-state index in [1.165, 1.54) is 20.4 Å². The Morgan fingerprint density at radius 1 is 1.23 bits per heavy atom. The fourth-order valence-corrected chi connectivity index (χ4v) is 2.74. The number of thiazole rings is 1. The van der Waals surface area contributed by atoms with Gasteiger partial charge < -0.3 is 5.73 Å². The Hall–Kier alpha value is -3.00. The predicted molar refractivity (Wildman–Crippen MR) is 82.7 cm³/mol. The van der Waals surface area contributed by atoms with Crippen molar-refractivity contribution >= 4 is 28.7 Å². The first-order valence-corrected chi connectivity index (χ1v) is 7.34. The largest absolute Gasteiger partial charge is 0.384 e. The highest BCUT2D eigenvalue weighted by molar-refractivity contribution is 7.13. The number of nitrogen functional groups attached to an aromatic ring is 1. The Kier molecular flexibility index (Phi) is 2.76. The molecule has 0 aliphatic heterocycles. The molecule has 4 rings (SSSR count). The fourth-order valence-electron chi connectivity index (χ4n) is 2.18. The second kappa shape index (κ2) is 4.78. The minimum Gasteiger partial charge on any atom is -0.384 e. The van der Waals surface area contributed by atoms with Crippen molar-refractivity contribution < 1.29 is 4.79 Å². The van der Waals surface area contributed by atoms with Crippen molar-refractivity contribution in [2.24, 2.45) is 0 Å². The number of fused-ring (bicyclic) bond motifs is 1. The van der Waals surface area contributed by atoms with E-state index < -0.39 is 0 Å². The van der Waals surface area contributed by atoms with E-state index in [-0.39, 0.29) is 5.91 Å². The number of carbonyl (C=O) groups excluding carboxylic acids is 1. The molecule has 0 atom stereocenters. The van der Waals surface area contributed by atoms with Crippen molar-refractivity contribution in [2.75, 3.05) is 5.73 Å². The van der Waals surface area contributed by atoms with Crippen LogP contribution in [0.1, 0.15) is 10.4 Å². The van der Waals surface area contributed by atoms with Crippen molar-refractivity contribution in [3.8, 4) is 10.8 Å². The van der Waals surface area contributed by atoms with Crippen LogP contribution in [-0.2, 0) is 0 Å². The van der Waals surface area contributed by atoms with Gasteiger partial charge >= 0.3 is 0 Å². The van der Waals surface area contributed by atoms with Crippen molar-refractivity contribution in [2.45, 2.75) is 0 Å². The van der Waals surface area contributed by atoms with Crippen LogP contribution in [0.25, 0.3) is 16.5 Å². The Labute approximate surface area is 128 Å². The van der Waals surface area contributed by atoms with Crippen molar-refractivity contribution in [3.05, 3.63) is 53.8 Å². The first kappa shape index (κ1) is 12.7. The summed E-state index contributed by atoms with van der Waals surface area (Å²) in [6.45, 7) is 0. The lowest BCUT2D eigenvalue weighted by molar-refractivity contribution is 0.0960. The molecule has 0 saturated heterocycles. The van der Waals surface area contributed by atoms with E-state index in [9.17, 15) is 4.79 Å². The van der Waals surface area contributed by atoms with E-state index in [1.807, 2.05) is 5.38 Å². The molecule has 7 nitrogen and oxygen atoms in total. The molecule has 0 aliphatic carbocycles. The van der Waals surface area contributed by atoms with Gasteiger partial charge in [-0.25, -0.2) is 9.97 Å². The maximum absolute atomic E-state index is 12.4. The monoisotopic (exact) mass is 310 g/mol. The lowest BCUT2D eigenvalue weighted by Gasteiger charge is -2.04. The minimum absolute atomic E-state index is 0.169. The number of nitrogens with zero attached hydrogens (tertiary/aromatic N) is 5. The summed E-state index contributed by atoms with van der Waals surface area (Å²) in [5.74, 6) is 0.675. The fraction of sp³-hybridized carbons (Fsp3) is 0. The van der Waals surface area contributed by atoms with Gasteiger partial charge in [0.25, 0.3) is 5.91 Å². The van der Waals surface area contributed by atoms with Crippen LogP contribution in [0.3, 0.4) is 0 Å². The average molecular weight is 310 g/mol. The second-order valence-corrected chi connectivity index (χ2v) is 5.50. The number of hydrogen-bond acceptors (Lipinski definition) is 6. The average Bonchev–Trinajstić information content (AvgIpc) is 3.25. The molecular formula is C14H10N6OS. The van der Waals surface area contributed by atoms with Crippen molar-refractivity contribution in [1.29, 1.82) is 0 Å². The molecule has 8 heteroatoms. The molecule has 0 unspecified atom stereocenters. The number of pyridine rings is 1. The molecule has 0 aliphatic rings. The molecule has 4 aromatic heterocycles. The molecule has 0 amide bonds.